The first kappa shape index (κ1) is 98.2. The van der Waals surface area contributed by atoms with Crippen LogP contribution >= 0.6 is 7.82 Å². The topological polar surface area (TPSA) is 108 Å². The van der Waals surface area contributed by atoms with Crippen molar-refractivity contribution in [2.45, 2.75) is 392 Å². The third-order valence-corrected chi connectivity index (χ3v) is 19.7. The Labute approximate surface area is 631 Å². The summed E-state index contributed by atoms with van der Waals surface area (Å²) >= 11 is 0. The first-order valence-electron chi connectivity index (χ1n) is 42.9. The Hall–Kier alpha value is -3.85. The molecule has 1 N–H and O–H groups in total. The van der Waals surface area contributed by atoms with Gasteiger partial charge in [-0.3, -0.25) is 18.6 Å². The second-order valence-electron chi connectivity index (χ2n) is 29.8. The van der Waals surface area contributed by atoms with Crippen molar-refractivity contribution in [3.63, 3.8) is 0 Å². The fourth-order valence-electron chi connectivity index (χ4n) is 12.2. The Balaban J connectivity index is 3.91. The van der Waals surface area contributed by atoms with Gasteiger partial charge in [-0.05, 0) is 109 Å². The van der Waals surface area contributed by atoms with Gasteiger partial charge in [-0.25, -0.2) is 4.57 Å². The molecular formula is C92H163NO8P+. The van der Waals surface area contributed by atoms with E-state index in [0.717, 1.165) is 103 Å². The van der Waals surface area contributed by atoms with Crippen LogP contribution in [0.2, 0.25) is 0 Å². The average molecular weight is 1440 g/mol. The molecule has 0 aromatic carbocycles. The maximum absolute atomic E-state index is 12.9. The predicted octanol–water partition coefficient (Wildman–Crippen LogP) is 29.1. The zero-order chi connectivity index (χ0) is 74.0. The maximum atomic E-state index is 12.9. The van der Waals surface area contributed by atoms with Gasteiger partial charge < -0.3 is 18.9 Å². The minimum absolute atomic E-state index is 0.0308. The number of allylic oxidation sites excluding steroid dienone is 22. The van der Waals surface area contributed by atoms with Gasteiger partial charge in [0.2, 0.25) is 0 Å². The number of nitrogens with zero attached hydrogens (tertiary/aromatic N) is 1. The molecule has 0 saturated heterocycles. The fraction of sp³-hybridized carbons (Fsp3) is 0.739. The normalized spacial score (nSPS) is 13.7. The lowest BCUT2D eigenvalue weighted by atomic mass is 10.0. The zero-order valence-corrected chi connectivity index (χ0v) is 68.2. The highest BCUT2D eigenvalue weighted by molar-refractivity contribution is 7.47. The number of quaternary nitrogens is 1. The molecule has 0 aliphatic carbocycles. The number of likely N-dealkylation sites (N-methyl/N-ethyl adjacent to an activating group) is 1. The van der Waals surface area contributed by atoms with E-state index in [2.05, 4.69) is 148 Å². The lowest BCUT2D eigenvalue weighted by Crippen LogP contribution is -2.37. The summed E-state index contributed by atoms with van der Waals surface area (Å²) < 4.78 is 34.9. The molecule has 0 amide bonds. The van der Waals surface area contributed by atoms with Crippen LogP contribution in [0.5, 0.6) is 0 Å². The molecule has 0 aromatic rings. The molecule has 0 aliphatic heterocycles. The smallest absolute Gasteiger partial charge is 0.462 e. The number of carbonyl (C=O) groups is 2. The second-order valence-corrected chi connectivity index (χ2v) is 31.3. The van der Waals surface area contributed by atoms with Crippen LogP contribution in [-0.4, -0.2) is 74.9 Å². The molecule has 0 rings (SSSR count). The van der Waals surface area contributed by atoms with Gasteiger partial charge in [-0.15, -0.1) is 0 Å². The number of ether oxygens (including phenoxy) is 2. The van der Waals surface area contributed by atoms with Gasteiger partial charge in [0.1, 0.15) is 19.8 Å². The summed E-state index contributed by atoms with van der Waals surface area (Å²) in [6, 6.07) is 0. The van der Waals surface area contributed by atoms with Crippen molar-refractivity contribution in [2.75, 3.05) is 47.5 Å². The molecule has 588 valence electrons. The molecule has 0 aliphatic rings. The molecule has 2 unspecified atom stereocenters. The summed E-state index contributed by atoms with van der Waals surface area (Å²) in [6.45, 7) is 4.25. The van der Waals surface area contributed by atoms with Crippen molar-refractivity contribution in [2.24, 2.45) is 0 Å². The van der Waals surface area contributed by atoms with Crippen molar-refractivity contribution in [1.29, 1.82) is 0 Å². The van der Waals surface area contributed by atoms with Crippen LogP contribution in [0.1, 0.15) is 386 Å². The quantitative estimate of drug-likeness (QED) is 0.0211. The lowest BCUT2D eigenvalue weighted by molar-refractivity contribution is -0.870. The number of hydrogen-bond donors (Lipinski definition) is 1. The summed E-state index contributed by atoms with van der Waals surface area (Å²) in [5.41, 5.74) is 0. The highest BCUT2D eigenvalue weighted by Crippen LogP contribution is 2.43. The minimum atomic E-state index is -4.40. The molecular weight excluding hydrogens is 1280 g/mol. The Bertz CT molecular complexity index is 2190. The molecule has 0 saturated carbocycles. The molecule has 0 spiro atoms. The van der Waals surface area contributed by atoms with Crippen LogP contribution in [0.4, 0.5) is 0 Å². The highest BCUT2D eigenvalue weighted by Gasteiger charge is 2.27. The van der Waals surface area contributed by atoms with E-state index < -0.39 is 26.5 Å². The number of esters is 2. The SMILES string of the molecule is CC/C=C\C/C=C\C/C=C\C/C=C\C/C=C\C/C=C\C/C=C\CCCCCCCCCCCCCCCCCCCCCC(=O)OC(COC(=O)CCCCCCCCCCCCCCCCCCCCCCCCCC/C=C\C/C=C\C/C=C\C/C=C\CC)COP(=O)(O)OCC[N+](C)(C)C. The highest BCUT2D eigenvalue weighted by atomic mass is 31.2. The molecule has 0 radical (unpaired) electrons. The summed E-state index contributed by atoms with van der Waals surface area (Å²) in [5.74, 6) is -0.781. The van der Waals surface area contributed by atoms with Crippen molar-refractivity contribution in [3.8, 4) is 0 Å². The maximum Gasteiger partial charge on any atom is 0.472 e. The standard InChI is InChI=1S/C92H162NO8P/c1-6-8-10-12-14-16-18-20-22-24-26-28-30-32-34-36-38-40-42-44-45-46-47-49-51-53-55-57-59-61-63-65-67-69-71-73-75-77-79-81-83-85-92(95)101-90(89-100-102(96,97)99-87-86-93(3,4)5)88-98-91(94)84-82-80-78-76-74-72-70-68-66-64-62-60-58-56-54-52-50-48-43-41-39-37-35-33-31-29-27-25-23-21-19-17-15-13-11-9-7-2/h8-11,14-17,20-23,26-29,32,34,38,40,44-45,90H,6-7,12-13,18-19,24-25,30-31,33,35-37,39,41-43,46-89H2,1-5H3/p+1/b10-8-,11-9-,16-14-,17-15-,22-20-,23-21-,28-26-,29-27-,34-32-,40-38-,45-44-. The number of carbonyl (C=O) groups excluding carboxylic acids is 2. The molecule has 9 nitrogen and oxygen atoms in total. The summed E-state index contributed by atoms with van der Waals surface area (Å²) in [7, 11) is 1.49. The van der Waals surface area contributed by atoms with Gasteiger partial charge >= 0.3 is 19.8 Å². The van der Waals surface area contributed by atoms with E-state index in [1.54, 1.807) is 0 Å². The predicted molar refractivity (Wildman–Crippen MR) is 445 cm³/mol. The fourth-order valence-corrected chi connectivity index (χ4v) is 13.0. The zero-order valence-electron chi connectivity index (χ0n) is 67.3. The molecule has 0 bridgehead atoms. The largest absolute Gasteiger partial charge is 0.472 e. The van der Waals surface area contributed by atoms with Crippen LogP contribution < -0.4 is 0 Å². The van der Waals surface area contributed by atoms with E-state index in [-0.39, 0.29) is 25.6 Å². The molecule has 10 heteroatoms. The molecule has 2 atom stereocenters. The number of rotatable bonds is 79. The van der Waals surface area contributed by atoms with Gasteiger partial charge in [-0.2, -0.15) is 0 Å². The lowest BCUT2D eigenvalue weighted by Gasteiger charge is -2.24. The number of phosphoric ester groups is 1. The van der Waals surface area contributed by atoms with Crippen molar-refractivity contribution in [1.82, 2.24) is 0 Å². The van der Waals surface area contributed by atoms with Crippen LogP contribution in [0, 0.1) is 0 Å². The number of phosphoric acid groups is 1. The van der Waals surface area contributed by atoms with E-state index in [1.807, 2.05) is 21.1 Å². The summed E-state index contributed by atoms with van der Waals surface area (Å²) in [5, 5.41) is 0. The third-order valence-electron chi connectivity index (χ3n) is 18.7. The van der Waals surface area contributed by atoms with Crippen molar-refractivity contribution < 1.29 is 42.1 Å². The van der Waals surface area contributed by atoms with Crippen LogP contribution in [0.15, 0.2) is 134 Å². The monoisotopic (exact) mass is 1440 g/mol. The number of unbranched alkanes of at least 4 members (excludes halogenated alkanes) is 43. The molecule has 0 heterocycles. The van der Waals surface area contributed by atoms with E-state index in [9.17, 15) is 19.0 Å². The van der Waals surface area contributed by atoms with Gasteiger partial charge in [0.15, 0.2) is 6.10 Å². The van der Waals surface area contributed by atoms with Gasteiger partial charge in [0.25, 0.3) is 0 Å². The first-order chi connectivity index (χ1) is 50.0. The van der Waals surface area contributed by atoms with Crippen LogP contribution in [0.25, 0.3) is 0 Å². The van der Waals surface area contributed by atoms with E-state index in [0.29, 0.717) is 23.9 Å². The minimum Gasteiger partial charge on any atom is -0.462 e. The first-order valence-corrected chi connectivity index (χ1v) is 44.4. The van der Waals surface area contributed by atoms with E-state index >= 15 is 0 Å². The van der Waals surface area contributed by atoms with Crippen LogP contribution in [-0.2, 0) is 32.7 Å². The molecule has 0 fully saturated rings. The second kappa shape index (κ2) is 81.2. The van der Waals surface area contributed by atoms with Crippen molar-refractivity contribution >= 4 is 19.8 Å². The summed E-state index contributed by atoms with van der Waals surface area (Å²) in [4.78, 5) is 36.1. The molecule has 102 heavy (non-hydrogen) atoms. The summed E-state index contributed by atoms with van der Waals surface area (Å²) in [6.07, 6.45) is 119. The van der Waals surface area contributed by atoms with E-state index in [4.69, 9.17) is 18.5 Å². The average Bonchev–Trinajstić information content (AvgIpc) is 0.916. The van der Waals surface area contributed by atoms with Gasteiger partial charge in [0.05, 0.1) is 27.7 Å². The van der Waals surface area contributed by atoms with Crippen molar-refractivity contribution in [3.05, 3.63) is 134 Å². The van der Waals surface area contributed by atoms with E-state index in [1.165, 1.54) is 250 Å². The van der Waals surface area contributed by atoms with Gasteiger partial charge in [-0.1, -0.05) is 398 Å². The Kier molecular flexibility index (Phi) is 78.2. The van der Waals surface area contributed by atoms with Gasteiger partial charge in [0, 0.05) is 12.8 Å². The third kappa shape index (κ3) is 85.1. The Morgan fingerprint density at radius 1 is 0.304 bits per heavy atom. The molecule has 0 aromatic heterocycles. The number of hydrogen-bond acceptors (Lipinski definition) is 7. The van der Waals surface area contributed by atoms with Crippen LogP contribution in [0.3, 0.4) is 0 Å². The Morgan fingerprint density at radius 2 is 0.529 bits per heavy atom. The Morgan fingerprint density at radius 3 is 0.784 bits per heavy atom.